The second-order valence-electron chi connectivity index (χ2n) is 2.56. The fourth-order valence-corrected chi connectivity index (χ4v) is 1.02. The smallest absolute Gasteiger partial charge is 0.00141 e. The third kappa shape index (κ3) is 24.5. The normalized spacial score (nSPS) is 10.4. The Morgan fingerprint density at radius 1 is 0.923 bits per heavy atom. The van der Waals surface area contributed by atoms with Crippen LogP contribution in [0.25, 0.3) is 0 Å². The molecule has 0 aliphatic carbocycles. The minimum Gasteiger partial charge on any atom is -0.176 e. The van der Waals surface area contributed by atoms with Gasteiger partial charge in [-0.05, 0) is 12.8 Å². The van der Waals surface area contributed by atoms with Crippen LogP contribution in [0.5, 0.6) is 0 Å². The number of hydrogen-bond acceptors (Lipinski definition) is 1. The quantitative estimate of drug-likeness (QED) is 0.456. The third-order valence-corrected chi connectivity index (χ3v) is 2.24. The first-order valence-corrected chi connectivity index (χ1v) is 6.51. The molecule has 0 N–H and O–H groups in total. The van der Waals surface area contributed by atoms with Crippen molar-refractivity contribution < 1.29 is 0 Å². The molecule has 1 heteroatoms. The fraction of sp³-hybridized carbons (Fsp3) is 1.00. The number of rotatable bonds is 5. The van der Waals surface area contributed by atoms with Gasteiger partial charge in [0.1, 0.15) is 0 Å². The van der Waals surface area contributed by atoms with Gasteiger partial charge in [0, 0.05) is 5.25 Å². The molecule has 0 bridgehead atoms. The minimum atomic E-state index is 0.650. The molecule has 0 aromatic carbocycles. The molecule has 0 saturated carbocycles. The topological polar surface area (TPSA) is 0 Å². The Morgan fingerprint density at radius 3 is 1.69 bits per heavy atom. The molecule has 0 heterocycles. The average Bonchev–Trinajstić information content (AvgIpc) is 2.24. The minimum absolute atomic E-state index is 0.650. The van der Waals surface area contributed by atoms with Gasteiger partial charge < -0.3 is 0 Å². The summed E-state index contributed by atoms with van der Waals surface area (Å²) in [6, 6.07) is 0. The average molecular weight is 206 g/mol. The maximum atomic E-state index is 4.40. The molecule has 1 unspecified atom stereocenters. The van der Waals surface area contributed by atoms with Gasteiger partial charge in [-0.2, -0.15) is 12.6 Å². The standard InChI is InChI=1S/C8H18S.2C2H6/c1-3-5-6-7-8(9)4-2;2*1-2/h8-9H,3-7H2,1-2H3;2*1-2H3. The molecule has 0 aromatic heterocycles. The van der Waals surface area contributed by atoms with Crippen LogP contribution in [0.1, 0.15) is 73.6 Å². The lowest BCUT2D eigenvalue weighted by molar-refractivity contribution is 0.638. The van der Waals surface area contributed by atoms with Crippen molar-refractivity contribution in [3.05, 3.63) is 0 Å². The SMILES string of the molecule is CC.CC.CCCCCC(S)CC. The maximum absolute atomic E-state index is 4.40. The molecule has 1 atom stereocenters. The summed E-state index contributed by atoms with van der Waals surface area (Å²) in [6.45, 7) is 12.4. The third-order valence-electron chi connectivity index (χ3n) is 1.61. The van der Waals surface area contributed by atoms with Gasteiger partial charge in [-0.25, -0.2) is 0 Å². The van der Waals surface area contributed by atoms with Gasteiger partial charge in [0.2, 0.25) is 0 Å². The van der Waals surface area contributed by atoms with Crippen molar-refractivity contribution in [3.63, 3.8) is 0 Å². The summed E-state index contributed by atoms with van der Waals surface area (Å²) in [6.07, 6.45) is 6.57. The largest absolute Gasteiger partial charge is 0.176 e. The van der Waals surface area contributed by atoms with Crippen molar-refractivity contribution >= 4 is 12.6 Å². The Kier molecular flexibility index (Phi) is 33.4. The Labute approximate surface area is 91.9 Å². The lowest BCUT2D eigenvalue weighted by Crippen LogP contribution is -1.94. The predicted octanol–water partition coefficient (Wildman–Crippen LogP) is 5.33. The van der Waals surface area contributed by atoms with Crippen LogP contribution in [0.4, 0.5) is 0 Å². The van der Waals surface area contributed by atoms with E-state index < -0.39 is 0 Å². The molecule has 0 amide bonds. The molecule has 0 spiro atoms. The highest BCUT2D eigenvalue weighted by Crippen LogP contribution is 2.10. The van der Waals surface area contributed by atoms with E-state index in [4.69, 9.17) is 0 Å². The zero-order chi connectivity index (χ0) is 11.1. The first kappa shape index (κ1) is 19.0. The van der Waals surface area contributed by atoms with E-state index in [9.17, 15) is 0 Å². The summed E-state index contributed by atoms with van der Waals surface area (Å²) >= 11 is 4.40. The molecule has 0 rings (SSSR count). The van der Waals surface area contributed by atoms with Crippen molar-refractivity contribution in [2.24, 2.45) is 0 Å². The van der Waals surface area contributed by atoms with E-state index >= 15 is 0 Å². The summed E-state index contributed by atoms with van der Waals surface area (Å²) in [5.41, 5.74) is 0. The molecule has 0 radical (unpaired) electrons. The van der Waals surface area contributed by atoms with Gasteiger partial charge in [-0.1, -0.05) is 60.8 Å². The van der Waals surface area contributed by atoms with E-state index in [0.29, 0.717) is 5.25 Å². The zero-order valence-electron chi connectivity index (χ0n) is 10.6. The highest BCUT2D eigenvalue weighted by molar-refractivity contribution is 7.80. The van der Waals surface area contributed by atoms with Crippen molar-refractivity contribution in [2.45, 2.75) is 78.9 Å². The molecule has 0 fully saturated rings. The van der Waals surface area contributed by atoms with Gasteiger partial charge in [-0.15, -0.1) is 0 Å². The summed E-state index contributed by atoms with van der Waals surface area (Å²) < 4.78 is 0. The number of hydrogen-bond donors (Lipinski definition) is 1. The van der Waals surface area contributed by atoms with Crippen LogP contribution in [0.2, 0.25) is 0 Å². The molecular weight excluding hydrogens is 176 g/mol. The summed E-state index contributed by atoms with van der Waals surface area (Å²) in [4.78, 5) is 0. The molecule has 0 aliphatic rings. The van der Waals surface area contributed by atoms with E-state index in [1.165, 1.54) is 32.1 Å². The second-order valence-corrected chi connectivity index (χ2v) is 3.29. The van der Waals surface area contributed by atoms with Crippen LogP contribution in [0.3, 0.4) is 0 Å². The molecular formula is C12H30S. The molecule has 13 heavy (non-hydrogen) atoms. The van der Waals surface area contributed by atoms with E-state index in [-0.39, 0.29) is 0 Å². The van der Waals surface area contributed by atoms with Crippen LogP contribution >= 0.6 is 12.6 Å². The fourth-order valence-electron chi connectivity index (χ4n) is 0.834. The van der Waals surface area contributed by atoms with Crippen molar-refractivity contribution in [2.75, 3.05) is 0 Å². The predicted molar refractivity (Wildman–Crippen MR) is 69.9 cm³/mol. The van der Waals surface area contributed by atoms with Gasteiger partial charge >= 0.3 is 0 Å². The summed E-state index contributed by atoms with van der Waals surface area (Å²) in [7, 11) is 0. The highest BCUT2D eigenvalue weighted by Gasteiger charge is 1.96. The van der Waals surface area contributed by atoms with E-state index in [1.807, 2.05) is 27.7 Å². The van der Waals surface area contributed by atoms with Crippen molar-refractivity contribution in [1.82, 2.24) is 0 Å². The molecule has 0 nitrogen and oxygen atoms in total. The highest BCUT2D eigenvalue weighted by atomic mass is 32.1. The first-order valence-electron chi connectivity index (χ1n) is 5.99. The Morgan fingerprint density at radius 2 is 1.38 bits per heavy atom. The Hall–Kier alpha value is 0.350. The van der Waals surface area contributed by atoms with Gasteiger partial charge in [0.25, 0.3) is 0 Å². The number of thiol groups is 1. The monoisotopic (exact) mass is 206 g/mol. The van der Waals surface area contributed by atoms with Gasteiger partial charge in [0.15, 0.2) is 0 Å². The first-order chi connectivity index (χ1) is 6.31. The van der Waals surface area contributed by atoms with Crippen LogP contribution in [-0.2, 0) is 0 Å². The van der Waals surface area contributed by atoms with E-state index in [0.717, 1.165) is 0 Å². The van der Waals surface area contributed by atoms with Gasteiger partial charge in [0.05, 0.1) is 0 Å². The van der Waals surface area contributed by atoms with Crippen LogP contribution in [0.15, 0.2) is 0 Å². The zero-order valence-corrected chi connectivity index (χ0v) is 11.5. The Bertz CT molecular complexity index is 53.1. The molecule has 0 saturated heterocycles. The van der Waals surface area contributed by atoms with Crippen LogP contribution in [-0.4, -0.2) is 5.25 Å². The molecule has 0 aliphatic heterocycles. The molecule has 0 aromatic rings. The lowest BCUT2D eigenvalue weighted by atomic mass is 10.1. The number of unbranched alkanes of at least 4 members (excludes halogenated alkanes) is 2. The second kappa shape index (κ2) is 22.8. The van der Waals surface area contributed by atoms with Crippen molar-refractivity contribution in [3.8, 4) is 0 Å². The maximum Gasteiger partial charge on any atom is 0.00141 e. The van der Waals surface area contributed by atoms with Crippen molar-refractivity contribution in [1.29, 1.82) is 0 Å². The van der Waals surface area contributed by atoms with Gasteiger partial charge in [-0.3, -0.25) is 0 Å². The van der Waals surface area contributed by atoms with E-state index in [1.54, 1.807) is 0 Å². The Balaban J connectivity index is -0.000000218. The van der Waals surface area contributed by atoms with Crippen LogP contribution < -0.4 is 0 Å². The lowest BCUT2D eigenvalue weighted by Gasteiger charge is -2.04. The van der Waals surface area contributed by atoms with E-state index in [2.05, 4.69) is 26.5 Å². The van der Waals surface area contributed by atoms with Crippen LogP contribution in [0, 0.1) is 0 Å². The summed E-state index contributed by atoms with van der Waals surface area (Å²) in [5, 5.41) is 0.650. The molecule has 84 valence electrons. The summed E-state index contributed by atoms with van der Waals surface area (Å²) in [5.74, 6) is 0.